The van der Waals surface area contributed by atoms with Gasteiger partial charge in [-0.05, 0) is 28.7 Å². The number of nitriles is 1. The van der Waals surface area contributed by atoms with Gasteiger partial charge in [0.05, 0.1) is 5.56 Å². The molecule has 1 aromatic rings. The molecule has 0 aliphatic heterocycles. The highest BCUT2D eigenvalue weighted by Crippen LogP contribution is 2.27. The van der Waals surface area contributed by atoms with Gasteiger partial charge < -0.3 is 0 Å². The topological polar surface area (TPSA) is 36.7 Å². The lowest BCUT2D eigenvalue weighted by molar-refractivity contribution is 0.151. The van der Waals surface area contributed by atoms with Crippen molar-refractivity contribution in [2.75, 3.05) is 0 Å². The number of rotatable bonds is 1. The fraction of sp³-hybridized carbons (Fsp3) is 0.143. The maximum absolute atomic E-state index is 12.3. The number of halogens is 4. The van der Waals surface area contributed by atoms with Crippen molar-refractivity contribution >= 4 is 34.2 Å². The van der Waals surface area contributed by atoms with E-state index in [9.17, 15) is 8.78 Å². The second-order valence-electron chi connectivity index (χ2n) is 2.11. The lowest BCUT2D eigenvalue weighted by Crippen LogP contribution is -1.97. The quantitative estimate of drug-likeness (QED) is 0.590. The molecular formula is C7H2ClF2IN2. The van der Waals surface area contributed by atoms with E-state index >= 15 is 0 Å². The van der Waals surface area contributed by atoms with E-state index in [1.807, 2.05) is 0 Å². The third-order valence-corrected chi connectivity index (χ3v) is 2.30. The smallest absolute Gasteiger partial charge is 0.229 e. The Morgan fingerprint density at radius 2 is 2.23 bits per heavy atom. The molecule has 0 aromatic carbocycles. The minimum Gasteiger partial charge on any atom is -0.229 e. The van der Waals surface area contributed by atoms with Crippen molar-refractivity contribution in [1.82, 2.24) is 4.98 Å². The second-order valence-corrected chi connectivity index (χ2v) is 3.52. The van der Waals surface area contributed by atoms with Gasteiger partial charge in [-0.3, -0.25) is 0 Å². The van der Waals surface area contributed by atoms with Crippen molar-refractivity contribution in [1.29, 1.82) is 5.26 Å². The van der Waals surface area contributed by atoms with Crippen LogP contribution in [0.2, 0.25) is 5.15 Å². The van der Waals surface area contributed by atoms with Crippen molar-refractivity contribution in [3.8, 4) is 6.07 Å². The van der Waals surface area contributed by atoms with Crippen LogP contribution >= 0.6 is 34.2 Å². The molecule has 0 saturated heterocycles. The van der Waals surface area contributed by atoms with Crippen molar-refractivity contribution in [3.63, 3.8) is 0 Å². The Labute approximate surface area is 91.7 Å². The first kappa shape index (κ1) is 10.6. The molecule has 0 aliphatic rings. The van der Waals surface area contributed by atoms with E-state index in [2.05, 4.69) is 4.98 Å². The van der Waals surface area contributed by atoms with E-state index in [0.717, 1.165) is 6.07 Å². The number of hydrogen-bond donors (Lipinski definition) is 0. The predicted molar refractivity (Wildman–Crippen MR) is 51.6 cm³/mol. The summed E-state index contributed by atoms with van der Waals surface area (Å²) < 4.78 is 24.9. The Morgan fingerprint density at radius 3 is 2.69 bits per heavy atom. The first-order valence-corrected chi connectivity index (χ1v) is 4.56. The summed E-state index contributed by atoms with van der Waals surface area (Å²) in [6.07, 6.45) is -2.70. The van der Waals surface area contributed by atoms with Crippen LogP contribution in [0.25, 0.3) is 0 Å². The minimum atomic E-state index is -2.70. The summed E-state index contributed by atoms with van der Waals surface area (Å²) in [6.45, 7) is 0. The fourth-order valence-electron chi connectivity index (χ4n) is 0.784. The molecule has 1 rings (SSSR count). The standard InChI is InChI=1S/C7H2ClF2IN2/c8-5-1-3(6(9)10)4(2-12)7(11)13-5/h1,6H. The highest BCUT2D eigenvalue weighted by atomic mass is 127. The predicted octanol–water partition coefficient (Wildman–Crippen LogP) is 3.15. The number of hydrogen-bond acceptors (Lipinski definition) is 2. The van der Waals surface area contributed by atoms with Crippen LogP contribution in [0, 0.1) is 15.0 Å². The maximum Gasteiger partial charge on any atom is 0.265 e. The van der Waals surface area contributed by atoms with Gasteiger partial charge in [0, 0.05) is 5.56 Å². The molecule has 0 bridgehead atoms. The molecule has 1 aromatic heterocycles. The summed E-state index contributed by atoms with van der Waals surface area (Å²) in [6, 6.07) is 2.67. The van der Waals surface area contributed by atoms with Gasteiger partial charge in [-0.15, -0.1) is 0 Å². The average Bonchev–Trinajstić information content (AvgIpc) is 2.02. The maximum atomic E-state index is 12.3. The van der Waals surface area contributed by atoms with Gasteiger partial charge in [0.1, 0.15) is 14.9 Å². The minimum absolute atomic E-state index is 0.0290. The van der Waals surface area contributed by atoms with Crippen molar-refractivity contribution < 1.29 is 8.78 Å². The van der Waals surface area contributed by atoms with Crippen molar-refractivity contribution in [2.45, 2.75) is 6.43 Å². The van der Waals surface area contributed by atoms with Gasteiger partial charge in [-0.1, -0.05) is 11.6 Å². The van der Waals surface area contributed by atoms with Crippen LogP contribution in [0.4, 0.5) is 8.78 Å². The molecule has 0 atom stereocenters. The first-order valence-electron chi connectivity index (χ1n) is 3.10. The number of pyridine rings is 1. The Hall–Kier alpha value is -0.480. The van der Waals surface area contributed by atoms with Gasteiger partial charge in [0.15, 0.2) is 0 Å². The molecule has 0 spiro atoms. The Bertz CT molecular complexity index is 375. The van der Waals surface area contributed by atoms with E-state index in [1.165, 1.54) is 0 Å². The molecule has 0 radical (unpaired) electrons. The Balaban J connectivity index is 3.41. The van der Waals surface area contributed by atoms with E-state index in [0.29, 0.717) is 0 Å². The van der Waals surface area contributed by atoms with Crippen LogP contribution < -0.4 is 0 Å². The van der Waals surface area contributed by atoms with Crippen LogP contribution in [0.5, 0.6) is 0 Å². The highest BCUT2D eigenvalue weighted by Gasteiger charge is 2.17. The molecule has 1 heterocycles. The molecule has 0 saturated carbocycles. The molecule has 0 N–H and O–H groups in total. The third kappa shape index (κ3) is 2.25. The van der Waals surface area contributed by atoms with Gasteiger partial charge in [-0.25, -0.2) is 13.8 Å². The van der Waals surface area contributed by atoms with Crippen molar-refractivity contribution in [3.05, 3.63) is 26.0 Å². The summed E-state index contributed by atoms with van der Waals surface area (Å²) in [7, 11) is 0. The zero-order valence-corrected chi connectivity index (χ0v) is 8.97. The Kier molecular flexibility index (Phi) is 3.39. The third-order valence-electron chi connectivity index (χ3n) is 1.32. The monoisotopic (exact) mass is 314 g/mol. The van der Waals surface area contributed by atoms with E-state index in [-0.39, 0.29) is 20.0 Å². The average molecular weight is 314 g/mol. The van der Waals surface area contributed by atoms with Gasteiger partial charge >= 0.3 is 0 Å². The molecule has 0 amide bonds. The molecule has 0 unspecified atom stereocenters. The van der Waals surface area contributed by atoms with Crippen molar-refractivity contribution in [2.24, 2.45) is 0 Å². The lowest BCUT2D eigenvalue weighted by atomic mass is 10.2. The SMILES string of the molecule is N#Cc1c(C(F)F)cc(Cl)nc1I. The van der Waals surface area contributed by atoms with Crippen LogP contribution in [0.1, 0.15) is 17.6 Å². The van der Waals surface area contributed by atoms with Crippen LogP contribution in [-0.2, 0) is 0 Å². The van der Waals surface area contributed by atoms with Gasteiger partial charge in [0.2, 0.25) is 0 Å². The van der Waals surface area contributed by atoms with Crippen LogP contribution in [-0.4, -0.2) is 4.98 Å². The highest BCUT2D eigenvalue weighted by molar-refractivity contribution is 14.1. The van der Waals surface area contributed by atoms with Gasteiger partial charge in [-0.2, -0.15) is 5.26 Å². The number of aromatic nitrogens is 1. The zero-order valence-electron chi connectivity index (χ0n) is 6.06. The molecule has 0 aliphatic carbocycles. The van der Waals surface area contributed by atoms with Gasteiger partial charge in [0.25, 0.3) is 6.43 Å². The molecule has 6 heteroatoms. The molecule has 13 heavy (non-hydrogen) atoms. The number of alkyl halides is 2. The van der Waals surface area contributed by atoms with E-state index < -0.39 is 6.43 Å². The largest absolute Gasteiger partial charge is 0.265 e. The zero-order chi connectivity index (χ0) is 10.0. The summed E-state index contributed by atoms with van der Waals surface area (Å²) in [5, 5.41) is 8.54. The number of nitrogens with zero attached hydrogens (tertiary/aromatic N) is 2. The molecular weight excluding hydrogens is 312 g/mol. The molecule has 68 valence electrons. The van der Waals surface area contributed by atoms with Crippen LogP contribution in [0.15, 0.2) is 6.07 Å². The summed E-state index contributed by atoms with van der Waals surface area (Å²) in [4.78, 5) is 3.68. The lowest BCUT2D eigenvalue weighted by Gasteiger charge is -2.03. The Morgan fingerprint density at radius 1 is 1.62 bits per heavy atom. The summed E-state index contributed by atoms with van der Waals surface area (Å²) in [5.74, 6) is 0. The normalized spacial score (nSPS) is 10.2. The van der Waals surface area contributed by atoms with Crippen LogP contribution in [0.3, 0.4) is 0 Å². The van der Waals surface area contributed by atoms with E-state index in [1.54, 1.807) is 28.7 Å². The second kappa shape index (κ2) is 4.15. The molecule has 2 nitrogen and oxygen atoms in total. The first-order chi connectivity index (χ1) is 6.06. The fourth-order valence-corrected chi connectivity index (χ4v) is 1.82. The summed E-state index contributed by atoms with van der Waals surface area (Å²) >= 11 is 7.16. The van der Waals surface area contributed by atoms with E-state index in [4.69, 9.17) is 16.9 Å². The summed E-state index contributed by atoms with van der Waals surface area (Å²) in [5.41, 5.74) is -0.480. The molecule has 0 fully saturated rings.